The van der Waals surface area contributed by atoms with Gasteiger partial charge in [0.2, 0.25) is 0 Å². The quantitative estimate of drug-likeness (QED) is 0.597. The Kier molecular flexibility index (Phi) is 7.20. The highest BCUT2D eigenvalue weighted by Crippen LogP contribution is 2.24. The molecular weight excluding hydrogens is 467 g/mol. The lowest BCUT2D eigenvalue weighted by atomic mass is 10.0. The maximum absolute atomic E-state index is 11.8. The molecule has 3 heterocycles. The van der Waals surface area contributed by atoms with Crippen LogP contribution in [-0.2, 0) is 16.1 Å². The summed E-state index contributed by atoms with van der Waals surface area (Å²) in [4.78, 5) is 25.0. The predicted octanol–water partition coefficient (Wildman–Crippen LogP) is 3.47. The van der Waals surface area contributed by atoms with Gasteiger partial charge >= 0.3 is 18.2 Å². The number of carbonyl (C=O) groups is 2. The summed E-state index contributed by atoms with van der Waals surface area (Å²) < 4.78 is 38.8. The molecule has 186 valence electrons. The molecule has 12 heteroatoms. The summed E-state index contributed by atoms with van der Waals surface area (Å²) in [5, 5.41) is 15.8. The molecule has 2 aliphatic rings. The molecule has 1 N–H and O–H groups in total. The van der Waals surface area contributed by atoms with Crippen molar-refractivity contribution in [2.24, 2.45) is 0 Å². The molecule has 0 unspecified atom stereocenters. The van der Waals surface area contributed by atoms with E-state index in [0.29, 0.717) is 12.6 Å². The highest BCUT2D eigenvalue weighted by Gasteiger charge is 2.38. The Hall–Kier alpha value is -3.67. The van der Waals surface area contributed by atoms with Gasteiger partial charge in [0.25, 0.3) is 0 Å². The summed E-state index contributed by atoms with van der Waals surface area (Å²) >= 11 is 0. The van der Waals surface area contributed by atoms with E-state index in [9.17, 15) is 18.0 Å². The maximum atomic E-state index is 11.8. The topological polar surface area (TPSA) is 101 Å². The van der Waals surface area contributed by atoms with Crippen molar-refractivity contribution in [3.8, 4) is 5.69 Å². The third-order valence-corrected chi connectivity index (χ3v) is 6.00. The fraction of sp³-hybridized carbons (Fsp3) is 0.391. The number of rotatable bonds is 4. The Labute approximate surface area is 198 Å². The van der Waals surface area contributed by atoms with Gasteiger partial charge in [0.1, 0.15) is 12.1 Å². The number of aliphatic carboxylic acids is 1. The number of aromatic nitrogens is 3. The molecule has 0 atom stereocenters. The first-order chi connectivity index (χ1) is 16.7. The molecule has 2 saturated heterocycles. The Bertz CT molecular complexity index is 1190. The van der Waals surface area contributed by atoms with Gasteiger partial charge in [-0.3, -0.25) is 4.90 Å². The van der Waals surface area contributed by atoms with Gasteiger partial charge in [0, 0.05) is 25.7 Å². The minimum Gasteiger partial charge on any atom is -0.475 e. The van der Waals surface area contributed by atoms with Crippen molar-refractivity contribution in [1.82, 2.24) is 24.8 Å². The van der Waals surface area contributed by atoms with Crippen LogP contribution in [0.2, 0.25) is 0 Å². The van der Waals surface area contributed by atoms with Crippen LogP contribution in [0.4, 0.5) is 18.0 Å². The number of nitrogens with zero attached hydrogens (tertiary/aromatic N) is 5. The van der Waals surface area contributed by atoms with Crippen molar-refractivity contribution in [1.29, 1.82) is 0 Å². The third-order valence-electron chi connectivity index (χ3n) is 6.00. The fourth-order valence-electron chi connectivity index (χ4n) is 4.27. The van der Waals surface area contributed by atoms with E-state index >= 15 is 0 Å². The molecule has 2 aliphatic heterocycles. The Morgan fingerprint density at radius 3 is 2.37 bits per heavy atom. The second-order valence-electron chi connectivity index (χ2n) is 8.24. The molecule has 0 aliphatic carbocycles. The summed E-state index contributed by atoms with van der Waals surface area (Å²) in [5.41, 5.74) is 4.22. The number of carbonyl (C=O) groups excluding carboxylic acids is 1. The number of likely N-dealkylation sites (tertiary alicyclic amines) is 1. The number of benzene rings is 2. The highest BCUT2D eigenvalue weighted by molar-refractivity contribution is 5.76. The van der Waals surface area contributed by atoms with E-state index in [0.717, 1.165) is 55.7 Å². The minimum absolute atomic E-state index is 0.151. The summed E-state index contributed by atoms with van der Waals surface area (Å²) in [7, 11) is 0. The normalized spacial score (nSPS) is 17.2. The number of ether oxygens (including phenoxy) is 1. The average molecular weight is 491 g/mol. The van der Waals surface area contributed by atoms with E-state index in [-0.39, 0.29) is 6.09 Å². The number of carboxylic acid groups (broad SMARTS) is 1. The van der Waals surface area contributed by atoms with Gasteiger partial charge in [-0.2, -0.15) is 13.2 Å². The molecule has 0 radical (unpaired) electrons. The van der Waals surface area contributed by atoms with E-state index in [1.807, 2.05) is 39.9 Å². The van der Waals surface area contributed by atoms with Crippen LogP contribution in [0.3, 0.4) is 0 Å². The first-order valence-electron chi connectivity index (χ1n) is 11.1. The van der Waals surface area contributed by atoms with Gasteiger partial charge in [0.15, 0.2) is 0 Å². The molecule has 5 rings (SSSR count). The second kappa shape index (κ2) is 10.3. The van der Waals surface area contributed by atoms with Gasteiger partial charge in [-0.05, 0) is 36.6 Å². The zero-order valence-electron chi connectivity index (χ0n) is 18.7. The van der Waals surface area contributed by atoms with Crippen molar-refractivity contribution in [2.45, 2.75) is 31.6 Å². The molecule has 2 aromatic carbocycles. The van der Waals surface area contributed by atoms with E-state index in [1.54, 1.807) is 0 Å². The van der Waals surface area contributed by atoms with Crippen LogP contribution in [0, 0.1) is 0 Å². The van der Waals surface area contributed by atoms with Crippen LogP contribution in [-0.4, -0.2) is 80.4 Å². The van der Waals surface area contributed by atoms with Crippen molar-refractivity contribution in [3.63, 3.8) is 0 Å². The zero-order valence-corrected chi connectivity index (χ0v) is 18.7. The molecule has 3 aromatic rings. The Balaban J connectivity index is 0.000000364. The lowest BCUT2D eigenvalue weighted by molar-refractivity contribution is -0.192. The fourth-order valence-corrected chi connectivity index (χ4v) is 4.27. The number of hydrogen-bond acceptors (Lipinski definition) is 6. The lowest BCUT2D eigenvalue weighted by Crippen LogP contribution is -2.45. The van der Waals surface area contributed by atoms with Crippen LogP contribution in [0.25, 0.3) is 16.7 Å². The van der Waals surface area contributed by atoms with E-state index in [4.69, 9.17) is 14.6 Å². The lowest BCUT2D eigenvalue weighted by Gasteiger charge is -2.35. The molecular formula is C23H24F3N5O4. The largest absolute Gasteiger partial charge is 0.490 e. The molecule has 1 aromatic heterocycles. The SMILES string of the molecule is O=C(O)C(F)(F)F.O=C1OCCN1C1CCN(Cc2ccccc2-n2nnc3ccccc32)CC1. The van der Waals surface area contributed by atoms with Crippen molar-refractivity contribution in [2.75, 3.05) is 26.2 Å². The number of halogens is 3. The van der Waals surface area contributed by atoms with E-state index in [2.05, 4.69) is 33.4 Å². The van der Waals surface area contributed by atoms with Gasteiger partial charge in [-0.15, -0.1) is 5.10 Å². The first kappa shape index (κ1) is 24.5. The number of fused-ring (bicyclic) bond motifs is 1. The van der Waals surface area contributed by atoms with Gasteiger partial charge in [0.05, 0.1) is 17.7 Å². The van der Waals surface area contributed by atoms with Crippen LogP contribution in [0.1, 0.15) is 18.4 Å². The monoisotopic (exact) mass is 491 g/mol. The average Bonchev–Trinajstić information content (AvgIpc) is 3.46. The number of para-hydroxylation sites is 2. The summed E-state index contributed by atoms with van der Waals surface area (Å²) in [6.07, 6.45) is -3.26. The molecule has 2 fully saturated rings. The van der Waals surface area contributed by atoms with E-state index < -0.39 is 12.1 Å². The van der Waals surface area contributed by atoms with Gasteiger partial charge < -0.3 is 14.7 Å². The van der Waals surface area contributed by atoms with Crippen molar-refractivity contribution >= 4 is 23.1 Å². The molecule has 0 spiro atoms. The highest BCUT2D eigenvalue weighted by atomic mass is 19.4. The molecule has 35 heavy (non-hydrogen) atoms. The summed E-state index contributed by atoms with van der Waals surface area (Å²) in [6.45, 7) is 4.06. The van der Waals surface area contributed by atoms with E-state index in [1.165, 1.54) is 5.56 Å². The third kappa shape index (κ3) is 5.70. The predicted molar refractivity (Wildman–Crippen MR) is 119 cm³/mol. The number of piperidine rings is 1. The van der Waals surface area contributed by atoms with Crippen LogP contribution < -0.4 is 0 Å². The number of amides is 1. The Morgan fingerprint density at radius 2 is 1.71 bits per heavy atom. The van der Waals surface area contributed by atoms with Crippen molar-refractivity contribution < 1.29 is 32.6 Å². The van der Waals surface area contributed by atoms with Crippen LogP contribution >= 0.6 is 0 Å². The number of carboxylic acids is 1. The number of alkyl halides is 3. The number of hydrogen-bond donors (Lipinski definition) is 1. The summed E-state index contributed by atoms with van der Waals surface area (Å²) in [5.74, 6) is -2.76. The number of cyclic esters (lactones) is 1. The van der Waals surface area contributed by atoms with Gasteiger partial charge in [-0.25, -0.2) is 14.3 Å². The Morgan fingerprint density at radius 1 is 1.06 bits per heavy atom. The van der Waals surface area contributed by atoms with Gasteiger partial charge in [-0.1, -0.05) is 35.5 Å². The molecule has 0 bridgehead atoms. The van der Waals surface area contributed by atoms with Crippen LogP contribution in [0.5, 0.6) is 0 Å². The standard InChI is InChI=1S/C21H23N5O2.C2HF3O2/c27-21-25(13-14-28-21)17-9-11-24(12-10-17)15-16-5-1-3-7-19(16)26-20-8-4-2-6-18(20)22-23-26;3-2(4,5)1(6)7/h1-8,17H,9-15H2;(H,6,7). The first-order valence-corrected chi connectivity index (χ1v) is 11.1. The molecule has 1 amide bonds. The second-order valence-corrected chi connectivity index (χ2v) is 8.24. The molecule has 9 nitrogen and oxygen atoms in total. The van der Waals surface area contributed by atoms with Crippen LogP contribution in [0.15, 0.2) is 48.5 Å². The van der Waals surface area contributed by atoms with Crippen molar-refractivity contribution in [3.05, 3.63) is 54.1 Å². The molecule has 0 saturated carbocycles. The maximum Gasteiger partial charge on any atom is 0.490 e. The smallest absolute Gasteiger partial charge is 0.475 e. The summed E-state index contributed by atoms with van der Waals surface area (Å²) in [6, 6.07) is 16.7. The minimum atomic E-state index is -5.08. The zero-order chi connectivity index (χ0) is 25.0.